The molecule has 6 heavy (non-hydrogen) atoms. The van der Waals surface area contributed by atoms with Crippen LogP contribution >= 0.6 is 0 Å². The summed E-state index contributed by atoms with van der Waals surface area (Å²) in [7, 11) is 0. The van der Waals surface area contributed by atoms with Gasteiger partial charge >= 0.3 is 0 Å². The van der Waals surface area contributed by atoms with Crippen LogP contribution in [0.2, 0.25) is 0 Å². The van der Waals surface area contributed by atoms with Gasteiger partial charge in [-0.2, -0.15) is 0 Å². The maximum absolute atomic E-state index is 3.56. The van der Waals surface area contributed by atoms with Crippen LogP contribution in [0.1, 0.15) is 6.92 Å². The minimum atomic E-state index is 0. The molecule has 1 heteroatoms. The molecule has 0 unspecified atom stereocenters. The normalized spacial score (nSPS) is 5.50. The smallest absolute Gasteiger partial charge is 0 e. The topological polar surface area (TPSA) is 0 Å². The van der Waals surface area contributed by atoms with Crippen LogP contribution in [0.15, 0.2) is 24.8 Å². The third kappa shape index (κ3) is 8.95. The molecule has 0 bridgehead atoms. The molecular weight excluding hydrogens is 67.0 g/mol. The summed E-state index contributed by atoms with van der Waals surface area (Å²) in [5.41, 5.74) is 1.02. The molecule has 0 fully saturated rings. The molecule has 0 aromatic rings. The minimum absolute atomic E-state index is 0. The molecule has 0 nitrogen and oxygen atoms in total. The predicted octanol–water partition coefficient (Wildman–Crippen LogP) is 1.37. The zero-order valence-electron chi connectivity index (χ0n) is 4.49. The molecular formula is C5H8Li. The molecule has 0 atom stereocenters. The van der Waals surface area contributed by atoms with Gasteiger partial charge in [0, 0.05) is 18.9 Å². The molecule has 0 aromatic heterocycles. The summed E-state index contributed by atoms with van der Waals surface area (Å²) < 4.78 is 0. The van der Waals surface area contributed by atoms with E-state index in [1.807, 2.05) is 6.92 Å². The van der Waals surface area contributed by atoms with E-state index in [9.17, 15) is 0 Å². The van der Waals surface area contributed by atoms with Gasteiger partial charge in [-0.1, -0.05) is 24.8 Å². The summed E-state index contributed by atoms with van der Waals surface area (Å²) in [5.74, 6) is 0. The average Bonchev–Trinajstić information content (AvgIpc) is 1.38. The number of allylic oxidation sites excluding steroid dienone is 2. The fraction of sp³-hybridized carbons (Fsp3) is 0.200. The van der Waals surface area contributed by atoms with E-state index >= 15 is 0 Å². The fourth-order valence-corrected chi connectivity index (χ4v) is 0. The van der Waals surface area contributed by atoms with E-state index in [4.69, 9.17) is 0 Å². The minimum Gasteiger partial charge on any atom is -0.0988 e. The quantitative estimate of drug-likeness (QED) is 0.326. The van der Waals surface area contributed by atoms with E-state index in [0.29, 0.717) is 0 Å². The Hall–Kier alpha value is 0.0774. The van der Waals surface area contributed by atoms with Crippen molar-refractivity contribution in [2.75, 3.05) is 0 Å². The average molecular weight is 75.1 g/mol. The van der Waals surface area contributed by atoms with E-state index in [1.54, 1.807) is 6.08 Å². The first-order chi connectivity index (χ1) is 2.27. The van der Waals surface area contributed by atoms with Crippen LogP contribution in [0.5, 0.6) is 0 Å². The van der Waals surface area contributed by atoms with E-state index in [1.165, 1.54) is 0 Å². The van der Waals surface area contributed by atoms with Gasteiger partial charge in [0.2, 0.25) is 0 Å². The van der Waals surface area contributed by atoms with E-state index in [0.717, 1.165) is 5.57 Å². The molecule has 0 aliphatic heterocycles. The van der Waals surface area contributed by atoms with Crippen LogP contribution in [0.4, 0.5) is 0 Å². The molecule has 0 rings (SSSR count). The number of rotatable bonds is 1. The first-order valence-corrected chi connectivity index (χ1v) is 1.55. The Labute approximate surface area is 51.1 Å². The Morgan fingerprint density at radius 2 is 1.83 bits per heavy atom. The van der Waals surface area contributed by atoms with Crippen molar-refractivity contribution in [2.45, 2.75) is 6.92 Å². The Morgan fingerprint density at radius 1 is 1.67 bits per heavy atom. The van der Waals surface area contributed by atoms with Gasteiger partial charge in [-0.15, -0.1) is 0 Å². The second-order valence-corrected chi connectivity index (χ2v) is 1.05. The zero-order valence-corrected chi connectivity index (χ0v) is 4.49. The molecule has 0 saturated heterocycles. The van der Waals surface area contributed by atoms with Crippen molar-refractivity contribution in [3.05, 3.63) is 24.8 Å². The van der Waals surface area contributed by atoms with E-state index in [-0.39, 0.29) is 18.9 Å². The summed E-state index contributed by atoms with van der Waals surface area (Å²) in [6.45, 7) is 8.93. The standard InChI is InChI=1S/C5H8.Li/c1-4-5(2)3;/h4H,1-2H2,3H3;. The summed E-state index contributed by atoms with van der Waals surface area (Å²) in [6.07, 6.45) is 1.72. The van der Waals surface area contributed by atoms with Crippen LogP contribution in [-0.2, 0) is 0 Å². The third-order valence-corrected chi connectivity index (χ3v) is 0.348. The SMILES string of the molecule is C=CC(=C)C.[Li]. The Bertz CT molecular complexity index is 55.0. The van der Waals surface area contributed by atoms with Gasteiger partial charge in [-0.25, -0.2) is 0 Å². The summed E-state index contributed by atoms with van der Waals surface area (Å²) >= 11 is 0. The summed E-state index contributed by atoms with van der Waals surface area (Å²) in [6, 6.07) is 0. The molecule has 0 aromatic carbocycles. The molecule has 0 saturated carbocycles. The van der Waals surface area contributed by atoms with Gasteiger partial charge < -0.3 is 0 Å². The van der Waals surface area contributed by atoms with Gasteiger partial charge in [-0.05, 0) is 6.92 Å². The molecule has 0 aliphatic carbocycles. The predicted molar refractivity (Wildman–Crippen MR) is 30.8 cm³/mol. The van der Waals surface area contributed by atoms with Crippen molar-refractivity contribution in [1.82, 2.24) is 0 Å². The summed E-state index contributed by atoms with van der Waals surface area (Å²) in [5, 5.41) is 0. The molecule has 0 heterocycles. The van der Waals surface area contributed by atoms with Crippen LogP contribution in [-0.4, -0.2) is 18.9 Å². The summed E-state index contributed by atoms with van der Waals surface area (Å²) in [4.78, 5) is 0. The number of hydrogen-bond acceptors (Lipinski definition) is 0. The molecule has 0 spiro atoms. The van der Waals surface area contributed by atoms with Gasteiger partial charge in [0.25, 0.3) is 0 Å². The van der Waals surface area contributed by atoms with Crippen molar-refractivity contribution >= 4 is 18.9 Å². The van der Waals surface area contributed by atoms with Crippen molar-refractivity contribution in [3.63, 3.8) is 0 Å². The van der Waals surface area contributed by atoms with E-state index in [2.05, 4.69) is 13.2 Å². The monoisotopic (exact) mass is 75.1 g/mol. The first kappa shape index (κ1) is 9.42. The van der Waals surface area contributed by atoms with Crippen molar-refractivity contribution in [2.24, 2.45) is 0 Å². The zero-order chi connectivity index (χ0) is 4.28. The maximum Gasteiger partial charge on any atom is 0 e. The van der Waals surface area contributed by atoms with Crippen LogP contribution in [0, 0.1) is 0 Å². The Balaban J connectivity index is 0. The third-order valence-electron chi connectivity index (χ3n) is 0.348. The molecule has 29 valence electrons. The first-order valence-electron chi connectivity index (χ1n) is 1.55. The second-order valence-electron chi connectivity index (χ2n) is 1.05. The van der Waals surface area contributed by atoms with Crippen LogP contribution in [0.3, 0.4) is 0 Å². The van der Waals surface area contributed by atoms with Gasteiger partial charge in [0.05, 0.1) is 0 Å². The Morgan fingerprint density at radius 3 is 1.83 bits per heavy atom. The van der Waals surface area contributed by atoms with Crippen LogP contribution in [0.25, 0.3) is 0 Å². The van der Waals surface area contributed by atoms with Gasteiger partial charge in [-0.3, -0.25) is 0 Å². The van der Waals surface area contributed by atoms with Crippen LogP contribution < -0.4 is 0 Å². The van der Waals surface area contributed by atoms with E-state index < -0.39 is 0 Å². The van der Waals surface area contributed by atoms with Crippen molar-refractivity contribution < 1.29 is 0 Å². The Kier molecular flexibility index (Phi) is 7.97. The molecule has 0 aliphatic rings. The van der Waals surface area contributed by atoms with Gasteiger partial charge in [0.15, 0.2) is 0 Å². The molecule has 0 N–H and O–H groups in total. The van der Waals surface area contributed by atoms with Crippen molar-refractivity contribution in [3.8, 4) is 0 Å². The number of hydrogen-bond donors (Lipinski definition) is 0. The second kappa shape index (κ2) is 5.08. The molecule has 0 amide bonds. The van der Waals surface area contributed by atoms with Gasteiger partial charge in [0.1, 0.15) is 0 Å². The fourth-order valence-electron chi connectivity index (χ4n) is 0. The maximum atomic E-state index is 3.56. The molecule has 1 radical (unpaired) electrons. The van der Waals surface area contributed by atoms with Crippen molar-refractivity contribution in [1.29, 1.82) is 0 Å². The largest absolute Gasteiger partial charge is 0.0988 e.